The van der Waals surface area contributed by atoms with Gasteiger partial charge in [0.1, 0.15) is 5.82 Å². The Kier molecular flexibility index (Phi) is 3.91. The third-order valence-corrected chi connectivity index (χ3v) is 5.04. The Hall–Kier alpha value is -2.10. The Morgan fingerprint density at radius 1 is 1.12 bits per heavy atom. The maximum atomic E-state index is 4.85. The third-order valence-electron chi connectivity index (χ3n) is 5.04. The highest BCUT2D eigenvalue weighted by Crippen LogP contribution is 2.30. The number of fused-ring (bicyclic) bond motifs is 1. The fourth-order valence-corrected chi connectivity index (χ4v) is 3.36. The second-order valence-electron chi connectivity index (χ2n) is 7.50. The molecule has 24 heavy (non-hydrogen) atoms. The largest absolute Gasteiger partial charge is 0.351 e. The van der Waals surface area contributed by atoms with E-state index in [1.807, 2.05) is 0 Å². The van der Waals surface area contributed by atoms with E-state index >= 15 is 0 Å². The van der Waals surface area contributed by atoms with Crippen molar-refractivity contribution in [3.05, 3.63) is 47.2 Å². The Balaban J connectivity index is 1.68. The molecule has 4 rings (SSSR count). The summed E-state index contributed by atoms with van der Waals surface area (Å²) in [6, 6.07) is 12.0. The third kappa shape index (κ3) is 3.10. The van der Waals surface area contributed by atoms with Crippen molar-refractivity contribution in [1.29, 1.82) is 0 Å². The summed E-state index contributed by atoms with van der Waals surface area (Å²) >= 11 is 0. The fraction of sp³-hybridized carbons (Fsp3) is 0.500. The lowest BCUT2D eigenvalue weighted by Gasteiger charge is -2.36. The molecule has 2 aromatic rings. The molecule has 1 aliphatic heterocycles. The molecule has 0 spiro atoms. The van der Waals surface area contributed by atoms with Gasteiger partial charge in [-0.3, -0.25) is 0 Å². The van der Waals surface area contributed by atoms with Crippen molar-refractivity contribution >= 4 is 11.8 Å². The van der Waals surface area contributed by atoms with Crippen molar-refractivity contribution in [3.63, 3.8) is 0 Å². The first-order valence-corrected chi connectivity index (χ1v) is 9.09. The van der Waals surface area contributed by atoms with Gasteiger partial charge in [0.25, 0.3) is 0 Å². The summed E-state index contributed by atoms with van der Waals surface area (Å²) in [5.74, 6) is 2.25. The number of nitrogens with zero attached hydrogens (tertiary/aromatic N) is 3. The van der Waals surface area contributed by atoms with E-state index in [0.717, 1.165) is 30.4 Å². The van der Waals surface area contributed by atoms with Crippen LogP contribution < -0.4 is 10.2 Å². The summed E-state index contributed by atoms with van der Waals surface area (Å²) in [7, 11) is 0. The van der Waals surface area contributed by atoms with E-state index in [2.05, 4.69) is 61.3 Å². The minimum absolute atomic E-state index is 0.402. The van der Waals surface area contributed by atoms with E-state index in [1.54, 1.807) is 0 Å². The molecule has 4 heteroatoms. The molecule has 1 aromatic carbocycles. The van der Waals surface area contributed by atoms with Crippen LogP contribution >= 0.6 is 0 Å². The van der Waals surface area contributed by atoms with Gasteiger partial charge in [0.15, 0.2) is 0 Å². The van der Waals surface area contributed by atoms with E-state index in [1.165, 1.54) is 24.0 Å². The van der Waals surface area contributed by atoms with Crippen LogP contribution in [0.3, 0.4) is 0 Å². The van der Waals surface area contributed by atoms with Crippen molar-refractivity contribution < 1.29 is 0 Å². The maximum Gasteiger partial charge on any atom is 0.225 e. The summed E-state index contributed by atoms with van der Waals surface area (Å²) < 4.78 is 0. The number of nitrogens with one attached hydrogen (secondary N) is 1. The van der Waals surface area contributed by atoms with Gasteiger partial charge in [0.2, 0.25) is 5.95 Å². The Bertz CT molecular complexity index is 736. The van der Waals surface area contributed by atoms with Gasteiger partial charge in [-0.1, -0.05) is 38.1 Å². The minimum Gasteiger partial charge on any atom is -0.351 e. The van der Waals surface area contributed by atoms with Crippen LogP contribution in [0.2, 0.25) is 0 Å². The number of aromatic nitrogens is 2. The van der Waals surface area contributed by atoms with Crippen molar-refractivity contribution in [1.82, 2.24) is 9.97 Å². The van der Waals surface area contributed by atoms with Crippen LogP contribution in [0.25, 0.3) is 0 Å². The molecule has 0 amide bonds. The van der Waals surface area contributed by atoms with Gasteiger partial charge < -0.3 is 10.2 Å². The van der Waals surface area contributed by atoms with Crippen molar-refractivity contribution in [3.8, 4) is 0 Å². The van der Waals surface area contributed by atoms with Crippen molar-refractivity contribution in [2.45, 2.75) is 64.6 Å². The predicted octanol–water partition coefficient (Wildman–Crippen LogP) is 4.13. The molecular formula is C20H26N4. The quantitative estimate of drug-likeness (QED) is 0.919. The van der Waals surface area contributed by atoms with Crippen LogP contribution in [0.5, 0.6) is 0 Å². The van der Waals surface area contributed by atoms with Crippen LogP contribution in [0.4, 0.5) is 11.8 Å². The number of rotatable bonds is 4. The molecule has 1 aliphatic carbocycles. The molecule has 126 valence electrons. The van der Waals surface area contributed by atoms with Crippen molar-refractivity contribution in [2.24, 2.45) is 0 Å². The summed E-state index contributed by atoms with van der Waals surface area (Å²) in [5, 5.41) is 3.48. The van der Waals surface area contributed by atoms with E-state index in [0.29, 0.717) is 18.0 Å². The molecule has 1 atom stereocenters. The first-order chi connectivity index (χ1) is 11.6. The molecule has 1 aromatic heterocycles. The smallest absolute Gasteiger partial charge is 0.225 e. The van der Waals surface area contributed by atoms with Gasteiger partial charge in [0, 0.05) is 24.7 Å². The number of hydrogen-bond acceptors (Lipinski definition) is 4. The lowest BCUT2D eigenvalue weighted by atomic mass is 9.95. The van der Waals surface area contributed by atoms with E-state index < -0.39 is 0 Å². The Morgan fingerprint density at radius 2 is 1.88 bits per heavy atom. The minimum atomic E-state index is 0.402. The molecule has 0 unspecified atom stereocenters. The first kappa shape index (κ1) is 15.4. The van der Waals surface area contributed by atoms with E-state index in [4.69, 9.17) is 9.97 Å². The molecular weight excluding hydrogens is 296 g/mol. The van der Waals surface area contributed by atoms with Crippen LogP contribution in [-0.2, 0) is 13.0 Å². The summed E-state index contributed by atoms with van der Waals surface area (Å²) in [4.78, 5) is 12.0. The molecule has 2 heterocycles. The monoisotopic (exact) mass is 322 g/mol. The second kappa shape index (κ2) is 6.08. The molecule has 4 nitrogen and oxygen atoms in total. The number of anilines is 2. The van der Waals surface area contributed by atoms with E-state index in [-0.39, 0.29) is 0 Å². The van der Waals surface area contributed by atoms with Gasteiger partial charge >= 0.3 is 0 Å². The average molecular weight is 322 g/mol. The predicted molar refractivity (Wildman–Crippen MR) is 98.6 cm³/mol. The molecule has 1 saturated carbocycles. The van der Waals surface area contributed by atoms with Gasteiger partial charge in [-0.05, 0) is 43.2 Å². The van der Waals surface area contributed by atoms with Crippen LogP contribution in [0.15, 0.2) is 30.3 Å². The second-order valence-corrected chi connectivity index (χ2v) is 7.50. The topological polar surface area (TPSA) is 41.1 Å². The van der Waals surface area contributed by atoms with Gasteiger partial charge in [-0.25, -0.2) is 4.98 Å². The molecule has 0 saturated heterocycles. The van der Waals surface area contributed by atoms with Crippen LogP contribution in [-0.4, -0.2) is 22.1 Å². The summed E-state index contributed by atoms with van der Waals surface area (Å²) in [5.41, 5.74) is 4.00. The Labute approximate surface area is 144 Å². The van der Waals surface area contributed by atoms with Gasteiger partial charge in [-0.2, -0.15) is 4.98 Å². The summed E-state index contributed by atoms with van der Waals surface area (Å²) in [6.07, 6.45) is 3.54. The first-order valence-electron chi connectivity index (χ1n) is 9.09. The highest BCUT2D eigenvalue weighted by Gasteiger charge is 2.26. The standard InChI is InChI=1S/C20H26N4/c1-13(2)18-11-19(23-20(22-18)21-17-8-9-17)24-12-16-7-5-4-6-15(16)10-14(24)3/h4-7,11,13-14,17H,8-10,12H2,1-3H3,(H,21,22,23)/t14-/m0/s1. The zero-order valence-electron chi connectivity index (χ0n) is 14.8. The molecule has 1 N–H and O–H groups in total. The lowest BCUT2D eigenvalue weighted by molar-refractivity contribution is 0.585. The van der Waals surface area contributed by atoms with Gasteiger partial charge in [-0.15, -0.1) is 0 Å². The SMILES string of the molecule is CC(C)c1cc(N2Cc3ccccc3C[C@@H]2C)nc(NC2CC2)n1. The zero-order chi connectivity index (χ0) is 16.7. The number of hydrogen-bond donors (Lipinski definition) is 1. The van der Waals surface area contributed by atoms with Gasteiger partial charge in [0.05, 0.1) is 5.69 Å². The van der Waals surface area contributed by atoms with Crippen molar-refractivity contribution in [2.75, 3.05) is 10.2 Å². The molecule has 0 bridgehead atoms. The highest BCUT2D eigenvalue weighted by molar-refractivity contribution is 5.50. The Morgan fingerprint density at radius 3 is 2.58 bits per heavy atom. The maximum absolute atomic E-state index is 4.85. The lowest BCUT2D eigenvalue weighted by Crippen LogP contribution is -2.39. The zero-order valence-corrected chi connectivity index (χ0v) is 14.8. The normalized spacial score (nSPS) is 20.2. The molecule has 1 fully saturated rings. The molecule has 0 radical (unpaired) electrons. The number of benzene rings is 1. The van der Waals surface area contributed by atoms with Crippen LogP contribution in [0, 0.1) is 0 Å². The highest BCUT2D eigenvalue weighted by atomic mass is 15.3. The van der Waals surface area contributed by atoms with Crippen LogP contribution in [0.1, 0.15) is 56.4 Å². The molecule has 2 aliphatic rings. The van der Waals surface area contributed by atoms with E-state index in [9.17, 15) is 0 Å². The fourth-order valence-electron chi connectivity index (χ4n) is 3.36. The average Bonchev–Trinajstić information content (AvgIpc) is 3.37. The summed E-state index contributed by atoms with van der Waals surface area (Å²) in [6.45, 7) is 7.61.